The van der Waals surface area contributed by atoms with Gasteiger partial charge in [-0.25, -0.2) is 8.78 Å². The fourth-order valence-corrected chi connectivity index (χ4v) is 3.57. The Labute approximate surface area is 150 Å². The normalized spacial score (nSPS) is 20.7. The third kappa shape index (κ3) is 3.56. The van der Waals surface area contributed by atoms with Crippen LogP contribution >= 0.6 is 0 Å². The van der Waals surface area contributed by atoms with Crippen molar-refractivity contribution in [2.24, 2.45) is 0 Å². The van der Waals surface area contributed by atoms with Crippen molar-refractivity contribution < 1.29 is 22.8 Å². The average molecular weight is 361 g/mol. The molecule has 0 saturated heterocycles. The summed E-state index contributed by atoms with van der Waals surface area (Å²) in [5.74, 6) is 1.25. The lowest BCUT2D eigenvalue weighted by atomic mass is 9.96. The molecule has 2 aromatic rings. The van der Waals surface area contributed by atoms with E-state index in [1.54, 1.807) is 18.2 Å². The third-order valence-corrected chi connectivity index (χ3v) is 5.12. The molecule has 1 aromatic heterocycles. The van der Waals surface area contributed by atoms with Crippen LogP contribution < -0.4 is 0 Å². The van der Waals surface area contributed by atoms with E-state index in [1.165, 1.54) is 6.07 Å². The largest absolute Gasteiger partial charge is 0.373 e. The van der Waals surface area contributed by atoms with E-state index >= 15 is 0 Å². The van der Waals surface area contributed by atoms with Crippen LogP contribution in [0.1, 0.15) is 67.8 Å². The number of alkyl halides is 2. The smallest absolute Gasteiger partial charge is 0.264 e. The number of carbonyl (C=O) groups is 1. The van der Waals surface area contributed by atoms with Gasteiger partial charge in [-0.15, -0.1) is 0 Å². The molecule has 4 rings (SSSR count). The lowest BCUT2D eigenvalue weighted by Gasteiger charge is -2.21. The van der Waals surface area contributed by atoms with Crippen molar-refractivity contribution in [1.82, 2.24) is 5.16 Å². The minimum absolute atomic E-state index is 0.0581. The van der Waals surface area contributed by atoms with Gasteiger partial charge in [-0.05, 0) is 25.7 Å². The van der Waals surface area contributed by atoms with Crippen LogP contribution in [0, 0.1) is 0 Å². The lowest BCUT2D eigenvalue weighted by Crippen LogP contribution is -2.22. The molecule has 0 radical (unpaired) electrons. The van der Waals surface area contributed by atoms with E-state index in [4.69, 9.17) is 9.26 Å². The topological polar surface area (TPSA) is 52.3 Å². The second-order valence-corrected chi connectivity index (χ2v) is 7.10. The molecule has 2 aliphatic rings. The number of ketones is 1. The van der Waals surface area contributed by atoms with Crippen LogP contribution in [-0.2, 0) is 16.1 Å². The predicted octanol–water partition coefficient (Wildman–Crippen LogP) is 5.18. The van der Waals surface area contributed by atoms with E-state index in [-0.39, 0.29) is 24.1 Å². The number of aromatic nitrogens is 1. The third-order valence-electron chi connectivity index (χ3n) is 5.12. The Hall–Kier alpha value is -2.08. The monoisotopic (exact) mass is 361 g/mol. The van der Waals surface area contributed by atoms with E-state index in [0.29, 0.717) is 30.0 Å². The van der Waals surface area contributed by atoms with Gasteiger partial charge in [-0.2, -0.15) is 0 Å². The number of hydrogen-bond acceptors (Lipinski definition) is 4. The number of carbonyl (C=O) groups excluding carboxylic acids is 1. The lowest BCUT2D eigenvalue weighted by molar-refractivity contribution is -0.124. The van der Waals surface area contributed by atoms with Crippen molar-refractivity contribution in [1.29, 1.82) is 0 Å². The van der Waals surface area contributed by atoms with Crippen LogP contribution in [0.5, 0.6) is 0 Å². The van der Waals surface area contributed by atoms with Crippen LogP contribution in [0.2, 0.25) is 0 Å². The summed E-state index contributed by atoms with van der Waals surface area (Å²) in [6.07, 6.45) is 2.05. The van der Waals surface area contributed by atoms with Crippen molar-refractivity contribution in [2.75, 3.05) is 0 Å². The average Bonchev–Trinajstić information content (AvgIpc) is 3.39. The molecule has 0 aliphatic heterocycles. The fraction of sp³-hybridized carbons (Fsp3) is 0.500. The van der Waals surface area contributed by atoms with Gasteiger partial charge < -0.3 is 9.26 Å². The molecular weight excluding hydrogens is 340 g/mol. The summed E-state index contributed by atoms with van der Waals surface area (Å²) in [7, 11) is 0. The molecule has 138 valence electrons. The van der Waals surface area contributed by atoms with Gasteiger partial charge in [0.05, 0.1) is 12.7 Å². The van der Waals surface area contributed by atoms with Crippen LogP contribution in [0.4, 0.5) is 8.78 Å². The van der Waals surface area contributed by atoms with E-state index in [0.717, 1.165) is 37.0 Å². The van der Waals surface area contributed by atoms with E-state index < -0.39 is 6.43 Å². The predicted molar refractivity (Wildman–Crippen MR) is 90.9 cm³/mol. The summed E-state index contributed by atoms with van der Waals surface area (Å²) in [6, 6.07) is 6.37. The van der Waals surface area contributed by atoms with Gasteiger partial charge in [-0.1, -0.05) is 29.4 Å². The minimum Gasteiger partial charge on any atom is -0.373 e. The zero-order chi connectivity index (χ0) is 18.1. The molecule has 1 aromatic carbocycles. The van der Waals surface area contributed by atoms with Crippen LogP contribution in [0.3, 0.4) is 0 Å². The number of nitrogens with zero attached hydrogens (tertiary/aromatic N) is 1. The van der Waals surface area contributed by atoms with Crippen molar-refractivity contribution in [3.63, 3.8) is 0 Å². The Bertz CT molecular complexity index is 798. The summed E-state index contributed by atoms with van der Waals surface area (Å²) in [6.45, 7) is 0.236. The van der Waals surface area contributed by atoms with Gasteiger partial charge in [0.15, 0.2) is 0 Å². The van der Waals surface area contributed by atoms with Gasteiger partial charge in [0.25, 0.3) is 6.43 Å². The van der Waals surface area contributed by atoms with Crippen molar-refractivity contribution in [3.8, 4) is 11.3 Å². The second-order valence-electron chi connectivity index (χ2n) is 7.10. The molecule has 2 saturated carbocycles. The first-order valence-corrected chi connectivity index (χ1v) is 9.12. The Morgan fingerprint density at radius 1 is 1.23 bits per heavy atom. The molecule has 2 aliphatic carbocycles. The Balaban J connectivity index is 1.63. The molecule has 2 fully saturated rings. The highest BCUT2D eigenvalue weighted by atomic mass is 19.3. The number of Topliss-reactive ketones (excluding diaryl/α,β-unsaturated/α-hetero) is 1. The highest BCUT2D eigenvalue weighted by Crippen LogP contribution is 2.45. The van der Waals surface area contributed by atoms with Gasteiger partial charge in [-0.3, -0.25) is 4.79 Å². The standard InChI is InChI=1S/C20H21F2NO3/c21-20(22)16-7-2-1-6-15(16)18-17(19(26-23-18)12-8-9-12)11-25-14-5-3-4-13(24)10-14/h1-2,6-7,12,14,20H,3-5,8-11H2/t14-/m0/s1. The summed E-state index contributed by atoms with van der Waals surface area (Å²) in [5.41, 5.74) is 1.51. The van der Waals surface area contributed by atoms with Gasteiger partial charge in [0.2, 0.25) is 0 Å². The van der Waals surface area contributed by atoms with Crippen molar-refractivity contribution >= 4 is 5.78 Å². The quantitative estimate of drug-likeness (QED) is 0.711. The van der Waals surface area contributed by atoms with Crippen molar-refractivity contribution in [2.45, 2.75) is 63.6 Å². The number of ether oxygens (including phenoxy) is 1. The molecule has 4 nitrogen and oxygen atoms in total. The number of rotatable bonds is 6. The highest BCUT2D eigenvalue weighted by Gasteiger charge is 2.34. The summed E-state index contributed by atoms with van der Waals surface area (Å²) < 4.78 is 38.3. The van der Waals surface area contributed by atoms with E-state index in [9.17, 15) is 13.6 Å². The Morgan fingerprint density at radius 2 is 2.04 bits per heavy atom. The van der Waals surface area contributed by atoms with Crippen LogP contribution in [-0.4, -0.2) is 17.0 Å². The molecule has 0 unspecified atom stereocenters. The maximum absolute atomic E-state index is 13.4. The number of halogens is 2. The van der Waals surface area contributed by atoms with E-state index in [1.807, 2.05) is 0 Å². The first kappa shape index (κ1) is 17.3. The molecule has 0 bridgehead atoms. The summed E-state index contributed by atoms with van der Waals surface area (Å²) in [4.78, 5) is 11.6. The van der Waals surface area contributed by atoms with E-state index in [2.05, 4.69) is 5.16 Å². The van der Waals surface area contributed by atoms with Gasteiger partial charge >= 0.3 is 0 Å². The van der Waals surface area contributed by atoms with Gasteiger partial charge in [0, 0.05) is 35.4 Å². The zero-order valence-electron chi connectivity index (χ0n) is 14.4. The molecule has 1 atom stereocenters. The van der Waals surface area contributed by atoms with Gasteiger partial charge in [0.1, 0.15) is 17.2 Å². The SMILES string of the molecule is O=C1CCC[C@H](OCc2c(-c3ccccc3C(F)F)noc2C2CC2)C1. The Morgan fingerprint density at radius 3 is 2.77 bits per heavy atom. The van der Waals surface area contributed by atoms with Crippen LogP contribution in [0.25, 0.3) is 11.3 Å². The summed E-state index contributed by atoms with van der Waals surface area (Å²) >= 11 is 0. The first-order valence-electron chi connectivity index (χ1n) is 9.12. The molecule has 0 amide bonds. The molecule has 1 heterocycles. The maximum atomic E-state index is 13.4. The first-order chi connectivity index (χ1) is 12.6. The Kier molecular flexibility index (Phi) is 4.85. The molecule has 6 heteroatoms. The van der Waals surface area contributed by atoms with Crippen molar-refractivity contribution in [3.05, 3.63) is 41.2 Å². The number of hydrogen-bond donors (Lipinski definition) is 0. The molecular formula is C20H21F2NO3. The second kappa shape index (κ2) is 7.27. The maximum Gasteiger partial charge on any atom is 0.264 e. The fourth-order valence-electron chi connectivity index (χ4n) is 3.57. The number of benzene rings is 1. The minimum atomic E-state index is -2.59. The molecule has 0 N–H and O–H groups in total. The molecule has 26 heavy (non-hydrogen) atoms. The zero-order valence-corrected chi connectivity index (χ0v) is 14.4. The summed E-state index contributed by atoms with van der Waals surface area (Å²) in [5, 5.41) is 4.11. The van der Waals surface area contributed by atoms with Crippen LogP contribution in [0.15, 0.2) is 28.8 Å². The highest BCUT2D eigenvalue weighted by molar-refractivity contribution is 5.79. The molecule has 0 spiro atoms.